The van der Waals surface area contributed by atoms with E-state index in [1.54, 1.807) is 18.2 Å². The molecule has 190 valence electrons. The topological polar surface area (TPSA) is 102 Å². The number of aryl methyl sites for hydroxylation is 2. The summed E-state index contributed by atoms with van der Waals surface area (Å²) in [6, 6.07) is 10.8. The summed E-state index contributed by atoms with van der Waals surface area (Å²) in [6.07, 6.45) is 0.739. The first-order chi connectivity index (χ1) is 16.6. The molecule has 1 unspecified atom stereocenters. The number of thiophene rings is 1. The zero-order valence-corrected chi connectivity index (χ0v) is 22.4. The van der Waals surface area contributed by atoms with Crippen molar-refractivity contribution in [2.75, 3.05) is 26.0 Å². The van der Waals surface area contributed by atoms with Gasteiger partial charge in [0, 0.05) is 28.8 Å². The van der Waals surface area contributed by atoms with E-state index in [0.717, 1.165) is 21.2 Å². The van der Waals surface area contributed by atoms with Crippen molar-refractivity contribution in [3.63, 3.8) is 0 Å². The van der Waals surface area contributed by atoms with Gasteiger partial charge in [0.1, 0.15) is 21.8 Å². The Bertz CT molecular complexity index is 1290. The molecule has 0 bridgehead atoms. The van der Waals surface area contributed by atoms with Gasteiger partial charge in [-0.3, -0.25) is 4.79 Å². The Morgan fingerprint density at radius 2 is 2.00 bits per heavy atom. The van der Waals surface area contributed by atoms with Crippen LogP contribution in [-0.2, 0) is 21.1 Å². The SMILES string of the molecule is COc1cc(OC(C)CNCCCS(=O)(=O)c2sc3ccc(Cl)cc3c2C)ccc1CCC(=O)O. The minimum Gasteiger partial charge on any atom is -0.496 e. The number of hydrogen-bond donors (Lipinski definition) is 2. The van der Waals surface area contributed by atoms with Gasteiger partial charge in [-0.2, -0.15) is 0 Å². The first-order valence-corrected chi connectivity index (χ1v) is 14.1. The molecule has 0 radical (unpaired) electrons. The number of nitrogens with one attached hydrogen (secondary N) is 1. The van der Waals surface area contributed by atoms with Crippen molar-refractivity contribution in [3.05, 3.63) is 52.5 Å². The highest BCUT2D eigenvalue weighted by atomic mass is 35.5. The van der Waals surface area contributed by atoms with E-state index in [0.29, 0.717) is 46.7 Å². The van der Waals surface area contributed by atoms with Crippen molar-refractivity contribution in [3.8, 4) is 11.5 Å². The molecule has 3 aromatic rings. The highest BCUT2D eigenvalue weighted by molar-refractivity contribution is 7.93. The van der Waals surface area contributed by atoms with E-state index in [1.807, 2.05) is 32.0 Å². The normalized spacial score (nSPS) is 12.6. The molecule has 1 heterocycles. The largest absolute Gasteiger partial charge is 0.496 e. The molecule has 0 spiro atoms. The lowest BCUT2D eigenvalue weighted by Gasteiger charge is -2.17. The molecule has 0 amide bonds. The summed E-state index contributed by atoms with van der Waals surface area (Å²) in [7, 11) is -1.84. The molecular formula is C25H30ClNO6S2. The average Bonchev–Trinajstić information content (AvgIpc) is 3.14. The lowest BCUT2D eigenvalue weighted by atomic mass is 10.1. The van der Waals surface area contributed by atoms with Crippen LogP contribution in [0.2, 0.25) is 5.02 Å². The number of rotatable bonds is 13. The number of ether oxygens (including phenoxy) is 2. The Balaban J connectivity index is 1.47. The van der Waals surface area contributed by atoms with Gasteiger partial charge in [-0.05, 0) is 74.0 Å². The number of carbonyl (C=O) groups is 1. The summed E-state index contributed by atoms with van der Waals surface area (Å²) in [4.78, 5) is 10.8. The molecule has 7 nitrogen and oxygen atoms in total. The Morgan fingerprint density at radius 1 is 1.23 bits per heavy atom. The van der Waals surface area contributed by atoms with Crippen LogP contribution in [0.4, 0.5) is 0 Å². The quantitative estimate of drug-likeness (QED) is 0.291. The van der Waals surface area contributed by atoms with Crippen LogP contribution in [0.5, 0.6) is 11.5 Å². The van der Waals surface area contributed by atoms with Gasteiger partial charge in [-0.15, -0.1) is 11.3 Å². The Kier molecular flexibility index (Phi) is 9.40. The third kappa shape index (κ3) is 7.33. The van der Waals surface area contributed by atoms with Gasteiger partial charge < -0.3 is 19.9 Å². The zero-order valence-electron chi connectivity index (χ0n) is 20.0. The van der Waals surface area contributed by atoms with Crippen molar-refractivity contribution < 1.29 is 27.8 Å². The summed E-state index contributed by atoms with van der Waals surface area (Å²) < 4.78 is 38.4. The lowest BCUT2D eigenvalue weighted by Crippen LogP contribution is -2.30. The molecule has 2 aromatic carbocycles. The predicted molar refractivity (Wildman–Crippen MR) is 140 cm³/mol. The van der Waals surface area contributed by atoms with E-state index in [9.17, 15) is 13.2 Å². The Hall–Kier alpha value is -2.33. The summed E-state index contributed by atoms with van der Waals surface area (Å²) in [5.74, 6) is 0.417. The monoisotopic (exact) mass is 539 g/mol. The molecule has 0 aliphatic carbocycles. The second-order valence-corrected chi connectivity index (χ2v) is 12.1. The fraction of sp³-hybridized carbons (Fsp3) is 0.400. The van der Waals surface area contributed by atoms with E-state index in [1.165, 1.54) is 18.4 Å². The van der Waals surface area contributed by atoms with Crippen LogP contribution >= 0.6 is 22.9 Å². The molecular weight excluding hydrogens is 510 g/mol. The number of carboxylic acid groups (broad SMARTS) is 1. The van der Waals surface area contributed by atoms with Gasteiger partial charge in [-0.25, -0.2) is 8.42 Å². The van der Waals surface area contributed by atoms with E-state index < -0.39 is 15.8 Å². The molecule has 3 rings (SSSR count). The average molecular weight is 540 g/mol. The number of halogens is 1. The molecule has 0 aliphatic heterocycles. The van der Waals surface area contributed by atoms with E-state index in [-0.39, 0.29) is 18.3 Å². The number of carboxylic acids is 1. The van der Waals surface area contributed by atoms with E-state index in [4.69, 9.17) is 26.2 Å². The lowest BCUT2D eigenvalue weighted by molar-refractivity contribution is -0.136. The second kappa shape index (κ2) is 12.1. The Labute approximate surface area is 214 Å². The zero-order chi connectivity index (χ0) is 25.6. The first kappa shape index (κ1) is 27.3. The van der Waals surface area contributed by atoms with Crippen LogP contribution in [0.15, 0.2) is 40.6 Å². The summed E-state index contributed by atoms with van der Waals surface area (Å²) in [6.45, 7) is 4.83. The minimum atomic E-state index is -3.38. The molecule has 0 saturated heterocycles. The molecule has 1 aromatic heterocycles. The number of fused-ring (bicyclic) bond motifs is 1. The fourth-order valence-corrected chi connectivity index (χ4v) is 7.18. The van der Waals surface area contributed by atoms with E-state index >= 15 is 0 Å². The van der Waals surface area contributed by atoms with Gasteiger partial charge in [0.05, 0.1) is 12.9 Å². The number of sulfone groups is 1. The maximum atomic E-state index is 12.9. The minimum absolute atomic E-state index is 0.0312. The third-order valence-electron chi connectivity index (χ3n) is 5.54. The number of hydrogen-bond acceptors (Lipinski definition) is 7. The molecule has 0 aliphatic rings. The molecule has 0 saturated carbocycles. The van der Waals surface area contributed by atoms with Crippen LogP contribution in [-0.4, -0.2) is 51.5 Å². The van der Waals surface area contributed by atoms with Gasteiger partial charge in [0.2, 0.25) is 0 Å². The van der Waals surface area contributed by atoms with Gasteiger partial charge in [0.25, 0.3) is 0 Å². The highest BCUT2D eigenvalue weighted by Gasteiger charge is 2.21. The Morgan fingerprint density at radius 3 is 2.71 bits per heavy atom. The molecule has 10 heteroatoms. The second-order valence-electron chi connectivity index (χ2n) is 8.33. The van der Waals surface area contributed by atoms with Crippen LogP contribution in [0.3, 0.4) is 0 Å². The summed E-state index contributed by atoms with van der Waals surface area (Å²) in [5, 5.41) is 13.6. The standard InChI is InChI=1S/C25H30ClNO6S2/c1-16(33-20-8-5-18(6-10-24(28)29)22(14-20)32-3)15-27-11-4-12-35(30,31)25-17(2)21-13-19(26)7-9-23(21)34-25/h5,7-9,13-14,16,27H,4,6,10-12,15H2,1-3H3,(H,28,29). The van der Waals surface area contributed by atoms with E-state index in [2.05, 4.69) is 5.32 Å². The maximum Gasteiger partial charge on any atom is 0.303 e. The van der Waals surface area contributed by atoms with Crippen molar-refractivity contribution in [1.29, 1.82) is 0 Å². The van der Waals surface area contributed by atoms with Crippen LogP contribution in [0, 0.1) is 6.92 Å². The molecule has 35 heavy (non-hydrogen) atoms. The van der Waals surface area contributed by atoms with Crippen molar-refractivity contribution >= 4 is 48.8 Å². The number of methoxy groups -OCH3 is 1. The predicted octanol–water partition coefficient (Wildman–Crippen LogP) is 5.11. The summed E-state index contributed by atoms with van der Waals surface area (Å²) in [5.41, 5.74) is 1.57. The molecule has 2 N–H and O–H groups in total. The number of aliphatic carboxylic acids is 1. The summed E-state index contributed by atoms with van der Waals surface area (Å²) >= 11 is 7.36. The van der Waals surface area contributed by atoms with Crippen molar-refractivity contribution in [2.45, 2.75) is 43.4 Å². The van der Waals surface area contributed by atoms with Gasteiger partial charge in [0.15, 0.2) is 9.84 Å². The fourth-order valence-electron chi connectivity index (χ4n) is 3.77. The number of benzene rings is 2. The molecule has 1 atom stereocenters. The third-order valence-corrected chi connectivity index (χ3v) is 9.55. The molecule has 0 fully saturated rings. The highest BCUT2D eigenvalue weighted by Crippen LogP contribution is 2.36. The smallest absolute Gasteiger partial charge is 0.303 e. The van der Waals surface area contributed by atoms with Crippen LogP contribution in [0.25, 0.3) is 10.1 Å². The first-order valence-electron chi connectivity index (χ1n) is 11.3. The maximum absolute atomic E-state index is 12.9. The van der Waals surface area contributed by atoms with Crippen molar-refractivity contribution in [2.24, 2.45) is 0 Å². The van der Waals surface area contributed by atoms with Gasteiger partial charge >= 0.3 is 5.97 Å². The van der Waals surface area contributed by atoms with Crippen molar-refractivity contribution in [1.82, 2.24) is 5.32 Å². The van der Waals surface area contributed by atoms with Crippen LogP contribution < -0.4 is 14.8 Å². The van der Waals surface area contributed by atoms with Crippen LogP contribution in [0.1, 0.15) is 30.9 Å². The van der Waals surface area contributed by atoms with Gasteiger partial charge in [-0.1, -0.05) is 17.7 Å².